The van der Waals surface area contributed by atoms with Gasteiger partial charge in [-0.3, -0.25) is 19.2 Å². The van der Waals surface area contributed by atoms with Crippen molar-refractivity contribution in [1.82, 2.24) is 19.1 Å². The Morgan fingerprint density at radius 1 is 0.792 bits per heavy atom. The number of H-pyrrole nitrogens is 1. The van der Waals surface area contributed by atoms with Crippen LogP contribution in [0.3, 0.4) is 0 Å². The number of hydrogen-bond acceptors (Lipinski definition) is 11. The van der Waals surface area contributed by atoms with Gasteiger partial charge in [0.25, 0.3) is 14.1 Å². The SMILES string of the molecule is COc1ccc(C(OC[C@]23CN(Cc4ccc5ccc6cccc7ccc4c5c67)[C@H]([C@H](n4cc(C)c(=O)[nH]c4=O)O2)[C@H]3OP(OCCC#N)N(C(C)C)C(C)C)(c2ccccc2)c2ccc(OC)cc2)cc1. The summed E-state index contributed by atoms with van der Waals surface area (Å²) in [5, 5.41) is 16.8. The molecule has 14 heteroatoms. The molecule has 2 aliphatic rings. The Morgan fingerprint density at radius 2 is 1.39 bits per heavy atom. The smallest absolute Gasteiger partial charge is 0.330 e. The van der Waals surface area contributed by atoms with Crippen LogP contribution >= 0.6 is 8.53 Å². The van der Waals surface area contributed by atoms with E-state index < -0.39 is 49.4 Å². The summed E-state index contributed by atoms with van der Waals surface area (Å²) in [7, 11) is 1.44. The number of nitrogens with zero attached hydrogens (tertiary/aromatic N) is 4. The first-order chi connectivity index (χ1) is 34.9. The number of nitrogens with one attached hydrogen (secondary N) is 1. The van der Waals surface area contributed by atoms with Crippen molar-refractivity contribution in [2.24, 2.45) is 0 Å². The Kier molecular flexibility index (Phi) is 13.8. The summed E-state index contributed by atoms with van der Waals surface area (Å²) in [6.07, 6.45) is 0.0146. The van der Waals surface area contributed by atoms with Crippen LogP contribution in [0.4, 0.5) is 0 Å². The van der Waals surface area contributed by atoms with Gasteiger partial charge >= 0.3 is 5.69 Å². The molecule has 1 N–H and O–H groups in total. The lowest BCUT2D eigenvalue weighted by Crippen LogP contribution is -2.51. The van der Waals surface area contributed by atoms with Gasteiger partial charge in [-0.05, 0) is 113 Å². The van der Waals surface area contributed by atoms with E-state index >= 15 is 0 Å². The number of hydrogen-bond donors (Lipinski definition) is 1. The molecule has 2 bridgehead atoms. The van der Waals surface area contributed by atoms with Gasteiger partial charge in [-0.2, -0.15) is 5.26 Å². The quantitative estimate of drug-likeness (QED) is 0.0358. The second-order valence-electron chi connectivity index (χ2n) is 19.4. The number of rotatable bonds is 19. The fourth-order valence-corrected chi connectivity index (χ4v) is 12.9. The maximum Gasteiger partial charge on any atom is 0.330 e. The number of aryl methyl sites for hydroxylation is 1. The Morgan fingerprint density at radius 3 is 2.00 bits per heavy atom. The Balaban J connectivity index is 1.18. The first-order valence-corrected chi connectivity index (χ1v) is 25.7. The minimum Gasteiger partial charge on any atom is -0.497 e. The number of aromatic nitrogens is 2. The second kappa shape index (κ2) is 20.2. The molecule has 0 amide bonds. The summed E-state index contributed by atoms with van der Waals surface area (Å²) in [5.41, 5.74) is 0.404. The van der Waals surface area contributed by atoms with E-state index in [0.717, 1.165) is 33.0 Å². The van der Waals surface area contributed by atoms with Gasteiger partial charge in [-0.25, -0.2) is 9.46 Å². The highest BCUT2D eigenvalue weighted by Crippen LogP contribution is 2.57. The van der Waals surface area contributed by atoms with Gasteiger partial charge in [0, 0.05) is 36.9 Å². The average Bonchev–Trinajstić information content (AvgIpc) is 3.85. The molecule has 0 spiro atoms. The Bertz CT molecular complexity index is 3290. The van der Waals surface area contributed by atoms with Gasteiger partial charge < -0.3 is 28.0 Å². The molecule has 5 atom stereocenters. The van der Waals surface area contributed by atoms with Crippen LogP contribution in [0.25, 0.3) is 32.3 Å². The summed E-state index contributed by atoms with van der Waals surface area (Å²) >= 11 is 0. The molecule has 2 fully saturated rings. The summed E-state index contributed by atoms with van der Waals surface area (Å²) in [4.78, 5) is 32.1. The molecule has 0 aliphatic carbocycles. The fourth-order valence-electron chi connectivity index (χ4n) is 11.1. The van der Waals surface area contributed by atoms with Crippen LogP contribution in [-0.2, 0) is 30.7 Å². The van der Waals surface area contributed by atoms with Gasteiger partial charge in [0.15, 0.2) is 6.23 Å². The third-order valence-corrected chi connectivity index (χ3v) is 16.5. The van der Waals surface area contributed by atoms with Crippen LogP contribution in [-0.4, -0.2) is 82.9 Å². The van der Waals surface area contributed by atoms with E-state index in [4.69, 9.17) is 28.0 Å². The highest BCUT2D eigenvalue weighted by atomic mass is 31.2. The molecule has 10 rings (SSSR count). The fraction of sp³-hybridized carbons (Fsp3) is 0.328. The number of benzene rings is 7. The van der Waals surface area contributed by atoms with E-state index in [9.17, 15) is 14.9 Å². The molecule has 1 unspecified atom stereocenters. The first-order valence-electron chi connectivity index (χ1n) is 24.5. The van der Waals surface area contributed by atoms with Gasteiger partial charge in [-0.1, -0.05) is 109 Å². The molecule has 0 radical (unpaired) electrons. The van der Waals surface area contributed by atoms with Crippen LogP contribution in [0, 0.1) is 18.3 Å². The van der Waals surface area contributed by atoms with Gasteiger partial charge in [0.2, 0.25) is 0 Å². The molecule has 2 saturated heterocycles. The lowest BCUT2D eigenvalue weighted by molar-refractivity contribution is -0.178. The summed E-state index contributed by atoms with van der Waals surface area (Å²) in [6, 6.07) is 47.1. The molecule has 13 nitrogen and oxygen atoms in total. The number of aromatic amines is 1. The van der Waals surface area contributed by atoms with Crippen molar-refractivity contribution in [3.63, 3.8) is 0 Å². The van der Waals surface area contributed by atoms with Crippen molar-refractivity contribution in [1.29, 1.82) is 5.26 Å². The summed E-state index contributed by atoms with van der Waals surface area (Å²) in [5.74, 6) is 1.38. The first kappa shape index (κ1) is 49.1. The molecule has 7 aromatic carbocycles. The van der Waals surface area contributed by atoms with Crippen molar-refractivity contribution >= 4 is 40.8 Å². The van der Waals surface area contributed by atoms with Crippen molar-refractivity contribution in [3.8, 4) is 17.6 Å². The van der Waals surface area contributed by atoms with E-state index in [1.807, 2.05) is 66.7 Å². The minimum absolute atomic E-state index is 0.00480. The van der Waals surface area contributed by atoms with Crippen molar-refractivity contribution in [2.75, 3.05) is 34.0 Å². The number of morpholine rings is 1. The Labute approximate surface area is 420 Å². The monoisotopic (exact) mass is 985 g/mol. The predicted octanol–water partition coefficient (Wildman–Crippen LogP) is 10.6. The predicted molar refractivity (Wildman–Crippen MR) is 282 cm³/mol. The zero-order valence-corrected chi connectivity index (χ0v) is 42.6. The van der Waals surface area contributed by atoms with Gasteiger partial charge in [0.1, 0.15) is 28.8 Å². The molecule has 1 aromatic heterocycles. The lowest BCUT2D eigenvalue weighted by Gasteiger charge is -2.42. The highest BCUT2D eigenvalue weighted by Gasteiger charge is 2.67. The maximum absolute atomic E-state index is 14.2. The molecule has 72 heavy (non-hydrogen) atoms. The standard InChI is InChI=1S/C58H60N5O8P/c1-37(2)63(38(3)4)72(69-32-12-31-59)71-53-52-55(62-33-39(5)54(64)60-56(62)65)70-57(53,35-61(52)34-43-20-19-42-18-17-40-13-11-14-41-21-30-49(43)51(42)50(40)41)36-68-58(44-15-9-8-10-16-44,45-22-26-47(66-6)27-23-45)46-24-28-48(67-7)29-25-46/h8-11,13-30,33,37-38,52-53,55H,12,32,34-36H2,1-7H3,(H,60,64,65)/t52-,53+,55+,57-,72?/m0/s1. The second-order valence-corrected chi connectivity index (χ2v) is 20.8. The van der Waals surface area contributed by atoms with Gasteiger partial charge in [-0.15, -0.1) is 0 Å². The molecule has 3 heterocycles. The van der Waals surface area contributed by atoms with E-state index in [1.165, 1.54) is 26.1 Å². The number of fused-ring (bicyclic) bond motifs is 2. The topological polar surface area (TPSA) is 141 Å². The molecular weight excluding hydrogens is 926 g/mol. The molecule has 370 valence electrons. The van der Waals surface area contributed by atoms with Crippen LogP contribution in [0.15, 0.2) is 149 Å². The van der Waals surface area contributed by atoms with Gasteiger partial charge in [0.05, 0.1) is 46.0 Å². The van der Waals surface area contributed by atoms with E-state index in [1.54, 1.807) is 27.3 Å². The number of ether oxygens (including phenoxy) is 4. The third kappa shape index (κ3) is 8.75. The van der Waals surface area contributed by atoms with Crippen molar-refractivity contribution in [3.05, 3.63) is 188 Å². The van der Waals surface area contributed by atoms with Crippen molar-refractivity contribution in [2.45, 2.75) is 89.2 Å². The lowest BCUT2D eigenvalue weighted by atomic mass is 9.79. The highest BCUT2D eigenvalue weighted by molar-refractivity contribution is 7.44. The number of methoxy groups -OCH3 is 2. The summed E-state index contributed by atoms with van der Waals surface area (Å²) in [6.45, 7) is 11.0. The molecule has 0 saturated carbocycles. The minimum atomic E-state index is -1.85. The van der Waals surface area contributed by atoms with E-state index in [-0.39, 0.29) is 31.7 Å². The molecule has 2 aliphatic heterocycles. The maximum atomic E-state index is 14.2. The normalized spacial score (nSPS) is 19.6. The third-order valence-electron chi connectivity index (χ3n) is 14.4. The zero-order valence-electron chi connectivity index (χ0n) is 41.7. The van der Waals surface area contributed by atoms with Crippen LogP contribution in [0.1, 0.15) is 68.2 Å². The van der Waals surface area contributed by atoms with E-state index in [2.05, 4.69) is 115 Å². The van der Waals surface area contributed by atoms with Crippen LogP contribution in [0.5, 0.6) is 11.5 Å². The summed E-state index contributed by atoms with van der Waals surface area (Å²) < 4.78 is 44.5. The van der Waals surface area contributed by atoms with Crippen LogP contribution in [0.2, 0.25) is 0 Å². The average molecular weight is 986 g/mol. The van der Waals surface area contributed by atoms with Crippen LogP contribution < -0.4 is 20.7 Å². The number of nitriles is 1. The Hall–Kier alpha value is -6.46. The zero-order chi connectivity index (χ0) is 50.3. The van der Waals surface area contributed by atoms with E-state index in [0.29, 0.717) is 30.2 Å². The largest absolute Gasteiger partial charge is 0.497 e. The van der Waals surface area contributed by atoms with Crippen molar-refractivity contribution < 1.29 is 28.0 Å². The molecular formula is C58H60N5O8P. The number of likely N-dealkylation sites (tertiary alicyclic amines) is 1. The molecule has 8 aromatic rings.